The molecular weight excluding hydrogens is 251 g/mol. The number of hydrogen-bond acceptors (Lipinski definition) is 3. The number of rotatable bonds is 1. The molecule has 0 saturated carbocycles. The lowest BCUT2D eigenvalue weighted by Crippen LogP contribution is -2.29. The second kappa shape index (κ2) is 3.81. The second-order valence-electron chi connectivity index (χ2n) is 3.17. The topological polar surface area (TPSA) is 63.4 Å². The molecule has 2 amide bonds. The number of amides is 2. The first-order chi connectivity index (χ1) is 7.50. The first-order valence-electron chi connectivity index (χ1n) is 4.31. The number of nitrogens with zero attached hydrogens (tertiary/aromatic N) is 1. The number of hydrogen-bond donors (Lipinski definition) is 1. The molecule has 2 rings (SSSR count). The summed E-state index contributed by atoms with van der Waals surface area (Å²) in [4.78, 5) is 23.8. The number of nitrogen functional groups attached to an aromatic ring is 1. The van der Waals surface area contributed by atoms with Crippen molar-refractivity contribution in [2.45, 2.75) is 0 Å². The van der Waals surface area contributed by atoms with Gasteiger partial charge in [0.1, 0.15) is 0 Å². The lowest BCUT2D eigenvalue weighted by atomic mass is 10.2. The van der Waals surface area contributed by atoms with Crippen LogP contribution in [0, 0.1) is 0 Å². The average molecular weight is 257 g/mol. The minimum Gasteiger partial charge on any atom is -0.396 e. The van der Waals surface area contributed by atoms with Crippen LogP contribution in [0.2, 0.25) is 10.0 Å². The maximum atomic E-state index is 11.4. The Morgan fingerprint density at radius 1 is 1.00 bits per heavy atom. The summed E-state index contributed by atoms with van der Waals surface area (Å²) in [5, 5.41) is 0.407. The maximum absolute atomic E-state index is 11.4. The molecule has 0 saturated heterocycles. The summed E-state index contributed by atoms with van der Waals surface area (Å²) in [6.45, 7) is 0. The third kappa shape index (κ3) is 1.66. The Kier molecular flexibility index (Phi) is 2.61. The van der Waals surface area contributed by atoms with Gasteiger partial charge in [0.2, 0.25) is 0 Å². The minimum absolute atomic E-state index is 0.204. The van der Waals surface area contributed by atoms with E-state index in [9.17, 15) is 9.59 Å². The van der Waals surface area contributed by atoms with Crippen molar-refractivity contribution in [3.05, 3.63) is 34.3 Å². The largest absolute Gasteiger partial charge is 0.396 e. The highest BCUT2D eigenvalue weighted by Crippen LogP contribution is 2.33. The Morgan fingerprint density at radius 3 is 1.88 bits per heavy atom. The van der Waals surface area contributed by atoms with Gasteiger partial charge in [0, 0.05) is 12.2 Å². The molecule has 0 aliphatic carbocycles. The molecule has 4 nitrogen and oxygen atoms in total. The summed E-state index contributed by atoms with van der Waals surface area (Å²) >= 11 is 11.6. The van der Waals surface area contributed by atoms with Gasteiger partial charge in [-0.2, -0.15) is 0 Å². The number of nitrogens with two attached hydrogens (primary N) is 1. The molecule has 16 heavy (non-hydrogen) atoms. The Morgan fingerprint density at radius 2 is 1.44 bits per heavy atom. The quantitative estimate of drug-likeness (QED) is 0.618. The summed E-state index contributed by atoms with van der Waals surface area (Å²) < 4.78 is 0. The molecule has 2 N–H and O–H groups in total. The van der Waals surface area contributed by atoms with E-state index in [1.807, 2.05) is 0 Å². The van der Waals surface area contributed by atoms with Gasteiger partial charge < -0.3 is 5.73 Å². The van der Waals surface area contributed by atoms with Crippen LogP contribution in [-0.4, -0.2) is 11.8 Å². The Labute approximate surface area is 101 Å². The molecule has 0 radical (unpaired) electrons. The molecule has 0 aromatic heterocycles. The van der Waals surface area contributed by atoms with Crippen molar-refractivity contribution in [2.24, 2.45) is 0 Å². The minimum atomic E-state index is -0.429. The van der Waals surface area contributed by atoms with E-state index in [-0.39, 0.29) is 15.7 Å². The zero-order chi connectivity index (χ0) is 11.9. The van der Waals surface area contributed by atoms with Crippen LogP contribution in [0.15, 0.2) is 24.3 Å². The van der Waals surface area contributed by atoms with Crippen molar-refractivity contribution in [1.82, 2.24) is 0 Å². The van der Waals surface area contributed by atoms with E-state index in [1.54, 1.807) is 0 Å². The highest BCUT2D eigenvalue weighted by Gasteiger charge is 2.26. The average Bonchev–Trinajstić information content (AvgIpc) is 2.54. The van der Waals surface area contributed by atoms with Gasteiger partial charge in [-0.05, 0) is 12.1 Å². The van der Waals surface area contributed by atoms with Gasteiger partial charge in [-0.1, -0.05) is 23.2 Å². The highest BCUT2D eigenvalue weighted by atomic mass is 35.5. The first-order valence-corrected chi connectivity index (χ1v) is 5.07. The predicted molar refractivity (Wildman–Crippen MR) is 62.5 cm³/mol. The van der Waals surface area contributed by atoms with Crippen LogP contribution in [0.5, 0.6) is 0 Å². The standard InChI is InChI=1S/C10H6Cl2N2O2/c11-6-3-5(4-7(12)10(6)13)14-8(15)1-2-9(14)16/h1-4H,13H2. The normalized spacial score (nSPS) is 15.0. The second-order valence-corrected chi connectivity index (χ2v) is 3.98. The van der Waals surface area contributed by atoms with Crippen molar-refractivity contribution in [1.29, 1.82) is 0 Å². The number of benzene rings is 1. The zero-order valence-electron chi connectivity index (χ0n) is 7.91. The first kappa shape index (κ1) is 11.0. The van der Waals surface area contributed by atoms with Crippen LogP contribution >= 0.6 is 23.2 Å². The number of carbonyl (C=O) groups is 2. The molecule has 0 bridgehead atoms. The summed E-state index contributed by atoms with van der Waals surface area (Å²) in [5.74, 6) is -0.858. The monoisotopic (exact) mass is 256 g/mol. The fourth-order valence-corrected chi connectivity index (χ4v) is 1.83. The van der Waals surface area contributed by atoms with Crippen LogP contribution < -0.4 is 10.6 Å². The summed E-state index contributed by atoms with van der Waals surface area (Å²) in [5.41, 5.74) is 6.08. The SMILES string of the molecule is Nc1c(Cl)cc(N2C(=O)C=CC2=O)cc1Cl. The Balaban J connectivity index is 2.50. The van der Waals surface area contributed by atoms with Gasteiger partial charge in [-0.25, -0.2) is 4.90 Å². The van der Waals surface area contributed by atoms with Crippen LogP contribution in [0.25, 0.3) is 0 Å². The van der Waals surface area contributed by atoms with E-state index >= 15 is 0 Å². The van der Waals surface area contributed by atoms with Crippen molar-refractivity contribution < 1.29 is 9.59 Å². The summed E-state index contributed by atoms with van der Waals surface area (Å²) in [7, 11) is 0. The smallest absolute Gasteiger partial charge is 0.258 e. The third-order valence-electron chi connectivity index (χ3n) is 2.13. The number of imide groups is 1. The molecule has 1 heterocycles. The number of carbonyl (C=O) groups excluding carboxylic acids is 2. The molecule has 1 aromatic carbocycles. The van der Waals surface area contributed by atoms with Crippen molar-refractivity contribution >= 4 is 46.4 Å². The van der Waals surface area contributed by atoms with Crippen molar-refractivity contribution in [2.75, 3.05) is 10.6 Å². The Bertz CT molecular complexity index is 485. The molecule has 1 aromatic rings. The van der Waals surface area contributed by atoms with E-state index in [4.69, 9.17) is 28.9 Å². The van der Waals surface area contributed by atoms with E-state index in [1.165, 1.54) is 24.3 Å². The maximum Gasteiger partial charge on any atom is 0.258 e. The lowest BCUT2D eigenvalue weighted by Gasteiger charge is -2.15. The molecular formula is C10H6Cl2N2O2. The summed E-state index contributed by atoms with van der Waals surface area (Å²) in [6, 6.07) is 2.84. The van der Waals surface area contributed by atoms with E-state index in [2.05, 4.69) is 0 Å². The van der Waals surface area contributed by atoms with Gasteiger partial charge in [0.05, 0.1) is 21.4 Å². The number of halogens is 2. The third-order valence-corrected chi connectivity index (χ3v) is 2.76. The van der Waals surface area contributed by atoms with Gasteiger partial charge >= 0.3 is 0 Å². The van der Waals surface area contributed by atoms with Crippen LogP contribution in [0.4, 0.5) is 11.4 Å². The number of anilines is 2. The Hall–Kier alpha value is -1.52. The van der Waals surface area contributed by atoms with E-state index in [0.29, 0.717) is 5.69 Å². The van der Waals surface area contributed by atoms with Gasteiger partial charge in [-0.15, -0.1) is 0 Å². The molecule has 0 fully saturated rings. The predicted octanol–water partition coefficient (Wildman–Crippen LogP) is 2.00. The molecule has 82 valence electrons. The zero-order valence-corrected chi connectivity index (χ0v) is 9.42. The fourth-order valence-electron chi connectivity index (χ4n) is 1.35. The molecule has 1 aliphatic rings. The van der Waals surface area contributed by atoms with Crippen LogP contribution in [-0.2, 0) is 9.59 Å². The fraction of sp³-hybridized carbons (Fsp3) is 0. The molecule has 0 spiro atoms. The van der Waals surface area contributed by atoms with Gasteiger partial charge in [0.25, 0.3) is 11.8 Å². The van der Waals surface area contributed by atoms with Crippen molar-refractivity contribution in [3.8, 4) is 0 Å². The van der Waals surface area contributed by atoms with Crippen molar-refractivity contribution in [3.63, 3.8) is 0 Å². The van der Waals surface area contributed by atoms with E-state index < -0.39 is 11.8 Å². The molecule has 0 atom stereocenters. The lowest BCUT2D eigenvalue weighted by molar-refractivity contribution is -0.119. The summed E-state index contributed by atoms with van der Waals surface area (Å²) in [6.07, 6.45) is 2.36. The highest BCUT2D eigenvalue weighted by molar-refractivity contribution is 6.40. The van der Waals surface area contributed by atoms with Gasteiger partial charge in [0.15, 0.2) is 0 Å². The van der Waals surface area contributed by atoms with E-state index in [0.717, 1.165) is 4.90 Å². The molecule has 0 unspecified atom stereocenters. The van der Waals surface area contributed by atoms with Crippen LogP contribution in [0.3, 0.4) is 0 Å². The van der Waals surface area contributed by atoms with Crippen LogP contribution in [0.1, 0.15) is 0 Å². The molecule has 1 aliphatic heterocycles. The van der Waals surface area contributed by atoms with Gasteiger partial charge in [-0.3, -0.25) is 9.59 Å². The molecule has 6 heteroatoms.